The summed E-state index contributed by atoms with van der Waals surface area (Å²) in [4.78, 5) is 22.5. The zero-order chi connectivity index (χ0) is 13.7. The zero-order valence-electron chi connectivity index (χ0n) is 10.9. The number of nitrogens with zero attached hydrogens (tertiary/aromatic N) is 3. The van der Waals surface area contributed by atoms with E-state index in [0.717, 1.165) is 5.52 Å². The molecule has 19 heavy (non-hydrogen) atoms. The van der Waals surface area contributed by atoms with E-state index >= 15 is 0 Å². The lowest BCUT2D eigenvalue weighted by molar-refractivity contribution is 0.0748. The van der Waals surface area contributed by atoms with Crippen LogP contribution in [0.2, 0.25) is 0 Å². The number of benzene rings is 1. The molecule has 1 amide bonds. The van der Waals surface area contributed by atoms with Crippen molar-refractivity contribution >= 4 is 16.9 Å². The summed E-state index contributed by atoms with van der Waals surface area (Å²) in [5.74, 6) is -0.144. The minimum Gasteiger partial charge on any atom is -0.396 e. The molecule has 0 fully saturated rings. The van der Waals surface area contributed by atoms with Crippen molar-refractivity contribution in [2.45, 2.75) is 13.3 Å². The number of para-hydroxylation sites is 2. The number of carbonyl (C=O) groups is 1. The van der Waals surface area contributed by atoms with Crippen LogP contribution in [-0.4, -0.2) is 45.6 Å². The molecule has 0 bridgehead atoms. The third-order valence-corrected chi connectivity index (χ3v) is 2.92. The van der Waals surface area contributed by atoms with E-state index in [-0.39, 0.29) is 12.5 Å². The van der Waals surface area contributed by atoms with Crippen LogP contribution in [-0.2, 0) is 0 Å². The van der Waals surface area contributed by atoms with Gasteiger partial charge in [0, 0.05) is 19.7 Å². The van der Waals surface area contributed by atoms with Crippen LogP contribution >= 0.6 is 0 Å². The van der Waals surface area contributed by atoms with E-state index in [1.54, 1.807) is 4.90 Å². The Morgan fingerprint density at radius 3 is 2.74 bits per heavy atom. The molecule has 0 unspecified atom stereocenters. The van der Waals surface area contributed by atoms with Crippen LogP contribution in [0.1, 0.15) is 23.8 Å². The SMILES string of the molecule is CCN(CCCO)C(=O)c1cnc2ccccc2n1. The third-order valence-electron chi connectivity index (χ3n) is 2.92. The highest BCUT2D eigenvalue weighted by atomic mass is 16.3. The lowest BCUT2D eigenvalue weighted by Crippen LogP contribution is -2.32. The summed E-state index contributed by atoms with van der Waals surface area (Å²) in [7, 11) is 0. The minimum atomic E-state index is -0.144. The number of rotatable bonds is 5. The van der Waals surface area contributed by atoms with Crippen LogP contribution in [0.3, 0.4) is 0 Å². The Balaban J connectivity index is 2.24. The Labute approximate surface area is 111 Å². The molecule has 5 heteroatoms. The maximum Gasteiger partial charge on any atom is 0.274 e. The molecule has 100 valence electrons. The zero-order valence-corrected chi connectivity index (χ0v) is 10.9. The molecule has 0 aliphatic rings. The normalized spacial score (nSPS) is 10.6. The first-order valence-electron chi connectivity index (χ1n) is 6.38. The van der Waals surface area contributed by atoms with E-state index < -0.39 is 0 Å². The number of aliphatic hydroxyl groups is 1. The number of hydrogen-bond donors (Lipinski definition) is 1. The van der Waals surface area contributed by atoms with Gasteiger partial charge in [0.25, 0.3) is 5.91 Å². The number of hydrogen-bond acceptors (Lipinski definition) is 4. The van der Waals surface area contributed by atoms with Crippen molar-refractivity contribution in [1.82, 2.24) is 14.9 Å². The van der Waals surface area contributed by atoms with Gasteiger partial charge in [0.15, 0.2) is 0 Å². The Hall–Kier alpha value is -2.01. The molecule has 5 nitrogen and oxygen atoms in total. The highest BCUT2D eigenvalue weighted by Gasteiger charge is 2.15. The molecular weight excluding hydrogens is 242 g/mol. The Morgan fingerprint density at radius 1 is 1.32 bits per heavy atom. The predicted molar refractivity (Wildman–Crippen MR) is 72.8 cm³/mol. The van der Waals surface area contributed by atoms with Crippen LogP contribution in [0.25, 0.3) is 11.0 Å². The standard InChI is InChI=1S/C14H17N3O2/c1-2-17(8-5-9-18)14(19)13-10-15-11-6-3-4-7-12(11)16-13/h3-4,6-7,10,18H,2,5,8-9H2,1H3. The molecule has 2 aromatic rings. The highest BCUT2D eigenvalue weighted by molar-refractivity contribution is 5.93. The second kappa shape index (κ2) is 6.24. The van der Waals surface area contributed by atoms with Gasteiger partial charge in [0.2, 0.25) is 0 Å². The van der Waals surface area contributed by atoms with Crippen molar-refractivity contribution in [3.63, 3.8) is 0 Å². The topological polar surface area (TPSA) is 66.3 Å². The van der Waals surface area contributed by atoms with E-state index in [1.165, 1.54) is 6.20 Å². The van der Waals surface area contributed by atoms with E-state index in [1.807, 2.05) is 31.2 Å². The van der Waals surface area contributed by atoms with E-state index in [9.17, 15) is 4.79 Å². The molecule has 1 aromatic heterocycles. The summed E-state index contributed by atoms with van der Waals surface area (Å²) in [6.07, 6.45) is 2.08. The van der Waals surface area contributed by atoms with Gasteiger partial charge in [-0.2, -0.15) is 0 Å². The minimum absolute atomic E-state index is 0.0766. The van der Waals surface area contributed by atoms with Crippen molar-refractivity contribution in [2.75, 3.05) is 19.7 Å². The molecule has 0 aliphatic carbocycles. The number of aromatic nitrogens is 2. The van der Waals surface area contributed by atoms with Gasteiger partial charge in [-0.3, -0.25) is 9.78 Å². The lowest BCUT2D eigenvalue weighted by atomic mass is 10.2. The van der Waals surface area contributed by atoms with E-state index in [0.29, 0.717) is 30.7 Å². The molecule has 0 atom stereocenters. The molecule has 1 aromatic carbocycles. The maximum atomic E-state index is 12.3. The monoisotopic (exact) mass is 259 g/mol. The quantitative estimate of drug-likeness (QED) is 0.883. The van der Waals surface area contributed by atoms with Gasteiger partial charge in [-0.15, -0.1) is 0 Å². The number of aliphatic hydroxyl groups excluding tert-OH is 1. The molecule has 0 saturated carbocycles. The van der Waals surface area contributed by atoms with Gasteiger partial charge in [0.05, 0.1) is 17.2 Å². The third kappa shape index (κ3) is 3.06. The first-order chi connectivity index (χ1) is 9.26. The second-order valence-electron chi connectivity index (χ2n) is 4.21. The van der Waals surface area contributed by atoms with Crippen molar-refractivity contribution in [3.8, 4) is 0 Å². The van der Waals surface area contributed by atoms with Gasteiger partial charge < -0.3 is 10.0 Å². The van der Waals surface area contributed by atoms with Crippen LogP contribution < -0.4 is 0 Å². The van der Waals surface area contributed by atoms with Crippen LogP contribution in [0.4, 0.5) is 0 Å². The van der Waals surface area contributed by atoms with Crippen LogP contribution in [0.5, 0.6) is 0 Å². The van der Waals surface area contributed by atoms with Gasteiger partial charge >= 0.3 is 0 Å². The first kappa shape index (κ1) is 13.4. The smallest absolute Gasteiger partial charge is 0.274 e. The average molecular weight is 259 g/mol. The first-order valence-corrected chi connectivity index (χ1v) is 6.38. The number of amides is 1. The highest BCUT2D eigenvalue weighted by Crippen LogP contribution is 2.10. The summed E-state index contributed by atoms with van der Waals surface area (Å²) in [6.45, 7) is 3.10. The van der Waals surface area contributed by atoms with Crippen molar-refractivity contribution in [1.29, 1.82) is 0 Å². The fourth-order valence-corrected chi connectivity index (χ4v) is 1.89. The lowest BCUT2D eigenvalue weighted by Gasteiger charge is -2.19. The van der Waals surface area contributed by atoms with Gasteiger partial charge in [-0.1, -0.05) is 12.1 Å². The fourth-order valence-electron chi connectivity index (χ4n) is 1.89. The van der Waals surface area contributed by atoms with Crippen molar-refractivity contribution < 1.29 is 9.90 Å². The summed E-state index contributed by atoms with van der Waals surface area (Å²) in [6, 6.07) is 7.45. The Morgan fingerprint density at radius 2 is 2.05 bits per heavy atom. The maximum absolute atomic E-state index is 12.3. The van der Waals surface area contributed by atoms with E-state index in [2.05, 4.69) is 9.97 Å². The van der Waals surface area contributed by atoms with Gasteiger partial charge in [-0.25, -0.2) is 4.98 Å². The number of carbonyl (C=O) groups excluding carboxylic acids is 1. The Bertz CT molecular complexity index is 571. The molecule has 0 spiro atoms. The molecule has 0 aliphatic heterocycles. The summed E-state index contributed by atoms with van der Waals surface area (Å²) < 4.78 is 0. The average Bonchev–Trinajstić information content (AvgIpc) is 2.47. The number of fused-ring (bicyclic) bond motifs is 1. The second-order valence-corrected chi connectivity index (χ2v) is 4.21. The molecule has 0 saturated heterocycles. The fraction of sp³-hybridized carbons (Fsp3) is 0.357. The van der Waals surface area contributed by atoms with E-state index in [4.69, 9.17) is 5.11 Å². The summed E-state index contributed by atoms with van der Waals surface area (Å²) >= 11 is 0. The van der Waals surface area contributed by atoms with Crippen molar-refractivity contribution in [3.05, 3.63) is 36.2 Å². The van der Waals surface area contributed by atoms with Crippen LogP contribution in [0.15, 0.2) is 30.5 Å². The molecular formula is C14H17N3O2. The van der Waals surface area contributed by atoms with Gasteiger partial charge in [-0.05, 0) is 25.5 Å². The largest absolute Gasteiger partial charge is 0.396 e. The molecule has 0 radical (unpaired) electrons. The van der Waals surface area contributed by atoms with Crippen molar-refractivity contribution in [2.24, 2.45) is 0 Å². The van der Waals surface area contributed by atoms with Crippen LogP contribution in [0, 0.1) is 0 Å². The Kier molecular flexibility index (Phi) is 4.41. The summed E-state index contributed by atoms with van der Waals surface area (Å²) in [5, 5.41) is 8.84. The molecule has 1 heterocycles. The predicted octanol–water partition coefficient (Wildman–Crippen LogP) is 1.47. The molecule has 1 N–H and O–H groups in total. The molecule has 2 rings (SSSR count). The summed E-state index contributed by atoms with van der Waals surface area (Å²) in [5.41, 5.74) is 1.84. The van der Waals surface area contributed by atoms with Gasteiger partial charge in [0.1, 0.15) is 5.69 Å².